The summed E-state index contributed by atoms with van der Waals surface area (Å²) >= 11 is 3.37. The minimum absolute atomic E-state index is 0.0348. The first-order valence-corrected chi connectivity index (χ1v) is 9.69. The van der Waals surface area contributed by atoms with Crippen molar-refractivity contribution in [2.75, 3.05) is 26.2 Å². The number of hydrogen-bond donors (Lipinski definition) is 2. The molecular weight excluding hydrogens is 328 g/mol. The summed E-state index contributed by atoms with van der Waals surface area (Å²) in [5.41, 5.74) is 0.960. The van der Waals surface area contributed by atoms with Crippen LogP contribution in [-0.2, 0) is 13.1 Å². The van der Waals surface area contributed by atoms with Gasteiger partial charge in [-0.05, 0) is 11.4 Å². The summed E-state index contributed by atoms with van der Waals surface area (Å²) in [4.78, 5) is 22.1. The fraction of sp³-hybridized carbons (Fsp3) is 0.375. The van der Waals surface area contributed by atoms with Gasteiger partial charge in [-0.2, -0.15) is 0 Å². The molecule has 7 heteroatoms. The lowest BCUT2D eigenvalue weighted by Crippen LogP contribution is -3.27. The van der Waals surface area contributed by atoms with E-state index in [0.717, 1.165) is 36.8 Å². The molecule has 0 saturated carbocycles. The minimum atomic E-state index is 0.0348. The van der Waals surface area contributed by atoms with Gasteiger partial charge < -0.3 is 9.80 Å². The van der Waals surface area contributed by atoms with Crippen LogP contribution in [0.5, 0.6) is 0 Å². The summed E-state index contributed by atoms with van der Waals surface area (Å²) in [6.45, 7) is 6.67. The monoisotopic (exact) mass is 348 g/mol. The SMILES string of the molecule is O=c1cc(C[NH+]2CC[NH+](Cc3cccs3)CC2)nc2sccn12. The third-order valence-electron chi connectivity index (χ3n) is 4.46. The first-order valence-electron chi connectivity index (χ1n) is 7.93. The maximum atomic E-state index is 12.0. The van der Waals surface area contributed by atoms with Gasteiger partial charge in [0.2, 0.25) is 0 Å². The van der Waals surface area contributed by atoms with Crippen molar-refractivity contribution in [1.82, 2.24) is 9.38 Å². The second kappa shape index (κ2) is 6.52. The van der Waals surface area contributed by atoms with E-state index in [1.54, 1.807) is 21.6 Å². The van der Waals surface area contributed by atoms with Crippen LogP contribution in [0.3, 0.4) is 0 Å². The zero-order valence-electron chi connectivity index (χ0n) is 12.8. The zero-order chi connectivity index (χ0) is 15.6. The number of aromatic nitrogens is 2. The number of quaternary nitrogens is 2. The van der Waals surface area contributed by atoms with E-state index in [1.807, 2.05) is 16.7 Å². The maximum absolute atomic E-state index is 12.0. The van der Waals surface area contributed by atoms with Crippen molar-refractivity contribution < 1.29 is 9.80 Å². The van der Waals surface area contributed by atoms with E-state index in [4.69, 9.17) is 0 Å². The van der Waals surface area contributed by atoms with E-state index in [-0.39, 0.29) is 5.56 Å². The number of piperazine rings is 1. The quantitative estimate of drug-likeness (QED) is 0.655. The highest BCUT2D eigenvalue weighted by molar-refractivity contribution is 7.15. The average Bonchev–Trinajstić information content (AvgIpc) is 3.21. The summed E-state index contributed by atoms with van der Waals surface area (Å²) in [6.07, 6.45) is 1.79. The molecule has 5 nitrogen and oxygen atoms in total. The molecule has 23 heavy (non-hydrogen) atoms. The van der Waals surface area contributed by atoms with Crippen LogP contribution in [0.4, 0.5) is 0 Å². The molecule has 4 rings (SSSR count). The van der Waals surface area contributed by atoms with Crippen LogP contribution in [0.1, 0.15) is 10.6 Å². The number of hydrogen-bond acceptors (Lipinski definition) is 4. The van der Waals surface area contributed by atoms with Crippen LogP contribution < -0.4 is 15.4 Å². The fourth-order valence-corrected chi connectivity index (χ4v) is 4.72. The van der Waals surface area contributed by atoms with Gasteiger partial charge in [0.1, 0.15) is 45.0 Å². The molecule has 1 aliphatic heterocycles. The Morgan fingerprint density at radius 1 is 1.09 bits per heavy atom. The lowest BCUT2D eigenvalue weighted by Gasteiger charge is -2.29. The summed E-state index contributed by atoms with van der Waals surface area (Å²) in [5.74, 6) is 0. The van der Waals surface area contributed by atoms with Gasteiger partial charge in [0, 0.05) is 17.6 Å². The number of nitrogens with zero attached hydrogens (tertiary/aromatic N) is 2. The Hall–Kier alpha value is -1.54. The van der Waals surface area contributed by atoms with E-state index in [9.17, 15) is 4.79 Å². The first kappa shape index (κ1) is 15.0. The molecule has 0 radical (unpaired) electrons. The molecule has 4 heterocycles. The molecule has 0 amide bonds. The van der Waals surface area contributed by atoms with Crippen molar-refractivity contribution in [2.24, 2.45) is 0 Å². The molecule has 0 atom stereocenters. The van der Waals surface area contributed by atoms with Crippen molar-refractivity contribution in [3.8, 4) is 0 Å². The number of fused-ring (bicyclic) bond motifs is 1. The van der Waals surface area contributed by atoms with Gasteiger partial charge in [-0.1, -0.05) is 6.07 Å². The Kier molecular flexibility index (Phi) is 4.26. The minimum Gasteiger partial charge on any atom is -0.321 e. The second-order valence-corrected chi connectivity index (χ2v) is 7.98. The Balaban J connectivity index is 1.37. The Morgan fingerprint density at radius 3 is 2.61 bits per heavy atom. The van der Waals surface area contributed by atoms with Crippen LogP contribution in [0.2, 0.25) is 0 Å². The Labute approximate surface area is 142 Å². The smallest absolute Gasteiger partial charge is 0.258 e. The molecule has 0 unspecified atom stereocenters. The topological polar surface area (TPSA) is 43.2 Å². The molecule has 120 valence electrons. The predicted molar refractivity (Wildman–Crippen MR) is 92.5 cm³/mol. The largest absolute Gasteiger partial charge is 0.321 e. The van der Waals surface area contributed by atoms with Crippen molar-refractivity contribution in [1.29, 1.82) is 0 Å². The van der Waals surface area contributed by atoms with Crippen molar-refractivity contribution in [3.63, 3.8) is 0 Å². The summed E-state index contributed by atoms with van der Waals surface area (Å²) in [7, 11) is 0. The molecule has 1 saturated heterocycles. The third-order valence-corrected chi connectivity index (χ3v) is 6.09. The summed E-state index contributed by atoms with van der Waals surface area (Å²) in [5, 5.41) is 4.06. The van der Waals surface area contributed by atoms with Crippen LogP contribution in [0.15, 0.2) is 40.0 Å². The van der Waals surface area contributed by atoms with E-state index >= 15 is 0 Å². The van der Waals surface area contributed by atoms with Gasteiger partial charge in [-0.25, -0.2) is 4.98 Å². The van der Waals surface area contributed by atoms with Crippen molar-refractivity contribution in [3.05, 3.63) is 56.1 Å². The second-order valence-electron chi connectivity index (χ2n) is 6.07. The number of nitrogens with one attached hydrogen (secondary N) is 2. The maximum Gasteiger partial charge on any atom is 0.258 e. The molecular formula is C16H20N4OS2+2. The van der Waals surface area contributed by atoms with Crippen molar-refractivity contribution >= 4 is 27.6 Å². The first-order chi connectivity index (χ1) is 11.3. The van der Waals surface area contributed by atoms with E-state index < -0.39 is 0 Å². The van der Waals surface area contributed by atoms with Crippen LogP contribution in [0, 0.1) is 0 Å². The summed E-state index contributed by atoms with van der Waals surface area (Å²) in [6, 6.07) is 6.05. The van der Waals surface area contributed by atoms with Gasteiger partial charge in [-0.15, -0.1) is 22.7 Å². The molecule has 0 aliphatic carbocycles. The molecule has 0 bridgehead atoms. The molecule has 2 N–H and O–H groups in total. The molecule has 3 aromatic heterocycles. The fourth-order valence-electron chi connectivity index (χ4n) is 3.20. The van der Waals surface area contributed by atoms with E-state index in [0.29, 0.717) is 0 Å². The predicted octanol–water partition coefficient (Wildman–Crippen LogP) is -0.699. The van der Waals surface area contributed by atoms with Crippen LogP contribution in [0.25, 0.3) is 4.96 Å². The number of rotatable bonds is 4. The molecule has 3 aromatic rings. The lowest BCUT2D eigenvalue weighted by molar-refractivity contribution is -1.02. The van der Waals surface area contributed by atoms with Gasteiger partial charge in [0.25, 0.3) is 5.56 Å². The Bertz CT molecular complexity index is 831. The number of thiophene rings is 1. The molecule has 1 aliphatic rings. The van der Waals surface area contributed by atoms with E-state index in [2.05, 4.69) is 22.5 Å². The lowest BCUT2D eigenvalue weighted by atomic mass is 10.2. The molecule has 0 aromatic carbocycles. The van der Waals surface area contributed by atoms with E-state index in [1.165, 1.54) is 34.2 Å². The summed E-state index contributed by atoms with van der Waals surface area (Å²) < 4.78 is 1.62. The van der Waals surface area contributed by atoms with Gasteiger partial charge in [0.15, 0.2) is 4.96 Å². The van der Waals surface area contributed by atoms with Gasteiger partial charge in [-0.3, -0.25) is 9.20 Å². The van der Waals surface area contributed by atoms with Gasteiger partial charge in [0.05, 0.1) is 4.88 Å². The highest BCUT2D eigenvalue weighted by Gasteiger charge is 2.24. The van der Waals surface area contributed by atoms with Crippen LogP contribution >= 0.6 is 22.7 Å². The molecule has 1 fully saturated rings. The van der Waals surface area contributed by atoms with Crippen molar-refractivity contribution in [2.45, 2.75) is 13.1 Å². The highest BCUT2D eigenvalue weighted by Crippen LogP contribution is 2.06. The van der Waals surface area contributed by atoms with Crippen LogP contribution in [-0.4, -0.2) is 35.6 Å². The zero-order valence-corrected chi connectivity index (χ0v) is 14.5. The van der Waals surface area contributed by atoms with Gasteiger partial charge >= 0.3 is 0 Å². The standard InChI is InChI=1S/C16H18N4OS2/c21-15-10-13(17-16-20(15)7-9-23-16)11-18-3-5-19(6-4-18)12-14-2-1-8-22-14/h1-2,7-10H,3-6,11-12H2/p+2. The highest BCUT2D eigenvalue weighted by atomic mass is 32.1. The Morgan fingerprint density at radius 2 is 1.87 bits per heavy atom. The average molecular weight is 348 g/mol. The normalized spacial score (nSPS) is 21.7. The number of thiazole rings is 1. The molecule has 0 spiro atoms. The third kappa shape index (κ3) is 3.37.